The van der Waals surface area contributed by atoms with Gasteiger partial charge >= 0.3 is 36.0 Å². The molecule has 0 aliphatic rings. The minimum atomic E-state index is -7.41. The number of hydrogen-bond acceptors (Lipinski definition) is 0. The fraction of sp³-hybridized carbons (Fsp3) is 1.00. The van der Waals surface area contributed by atoms with Gasteiger partial charge in [-0.3, -0.25) is 0 Å². The van der Waals surface area contributed by atoms with Crippen LogP contribution in [0.2, 0.25) is 0 Å². The molecule has 0 saturated heterocycles. The summed E-state index contributed by atoms with van der Waals surface area (Å²) in [4.78, 5) is 0. The van der Waals surface area contributed by atoms with Crippen molar-refractivity contribution in [3.63, 3.8) is 0 Å². The van der Waals surface area contributed by atoms with Crippen molar-refractivity contribution in [2.24, 2.45) is 0 Å². The highest BCUT2D eigenvalue weighted by molar-refractivity contribution is 5.08. The lowest BCUT2D eigenvalue weighted by molar-refractivity contribution is -0.413. The second kappa shape index (κ2) is 8.45. The van der Waals surface area contributed by atoms with Crippen LogP contribution in [0.15, 0.2) is 0 Å². The lowest BCUT2D eigenvalue weighted by Crippen LogP contribution is -2.68. The molecule has 12 heteroatoms. The molecular formula is C14H18F12. The number of alkyl halides is 12. The van der Waals surface area contributed by atoms with Crippen molar-refractivity contribution in [3.8, 4) is 0 Å². The van der Waals surface area contributed by atoms with Crippen molar-refractivity contribution in [2.75, 3.05) is 0 Å². The van der Waals surface area contributed by atoms with Gasteiger partial charge < -0.3 is 0 Å². The van der Waals surface area contributed by atoms with Crippen LogP contribution in [-0.4, -0.2) is 36.0 Å². The zero-order chi connectivity index (χ0) is 21.0. The Morgan fingerprint density at radius 1 is 0.577 bits per heavy atom. The molecule has 0 bridgehead atoms. The van der Waals surface area contributed by atoms with Crippen molar-refractivity contribution in [3.05, 3.63) is 0 Å². The first-order valence-corrected chi connectivity index (χ1v) is 7.68. The Morgan fingerprint density at radius 2 is 1.00 bits per heavy atom. The SMILES string of the molecule is CCCCCCCCC(F)(F)C(F)(F)C(F)(F)C(F)(F)C(F)(F)C(F)F. The highest BCUT2D eigenvalue weighted by Gasteiger charge is 2.87. The summed E-state index contributed by atoms with van der Waals surface area (Å²) in [5.74, 6) is -34.5. The molecule has 0 radical (unpaired) electrons. The van der Waals surface area contributed by atoms with Crippen LogP contribution in [0.3, 0.4) is 0 Å². The van der Waals surface area contributed by atoms with Gasteiger partial charge in [0.2, 0.25) is 0 Å². The van der Waals surface area contributed by atoms with E-state index in [1.807, 2.05) is 6.92 Å². The third-order valence-corrected chi connectivity index (χ3v) is 3.79. The largest absolute Gasteiger partial charge is 0.384 e. The topological polar surface area (TPSA) is 0 Å². The van der Waals surface area contributed by atoms with Gasteiger partial charge in [-0.05, 0) is 6.42 Å². The van der Waals surface area contributed by atoms with Gasteiger partial charge in [0.1, 0.15) is 0 Å². The van der Waals surface area contributed by atoms with Crippen LogP contribution in [-0.2, 0) is 0 Å². The number of hydrogen-bond donors (Lipinski definition) is 0. The van der Waals surface area contributed by atoms with E-state index in [0.717, 1.165) is 6.42 Å². The average Bonchev–Trinajstić information content (AvgIpc) is 2.49. The van der Waals surface area contributed by atoms with Gasteiger partial charge in [-0.1, -0.05) is 39.0 Å². The summed E-state index contributed by atoms with van der Waals surface area (Å²) in [5, 5.41) is 0. The molecule has 0 aliphatic heterocycles. The molecular weight excluding hydrogens is 396 g/mol. The Kier molecular flexibility index (Phi) is 8.18. The molecule has 26 heavy (non-hydrogen) atoms. The van der Waals surface area contributed by atoms with Crippen molar-refractivity contribution < 1.29 is 52.7 Å². The molecule has 0 heterocycles. The molecule has 0 aromatic heterocycles. The molecule has 0 N–H and O–H groups in total. The molecule has 0 aromatic rings. The predicted molar refractivity (Wildman–Crippen MR) is 68.7 cm³/mol. The summed E-state index contributed by atoms with van der Waals surface area (Å²) in [6, 6.07) is 0. The van der Waals surface area contributed by atoms with Crippen molar-refractivity contribution in [2.45, 2.75) is 87.9 Å². The molecule has 0 unspecified atom stereocenters. The first kappa shape index (κ1) is 25.2. The second-order valence-corrected chi connectivity index (χ2v) is 5.87. The average molecular weight is 414 g/mol. The molecule has 0 amide bonds. The van der Waals surface area contributed by atoms with Crippen LogP contribution in [0, 0.1) is 0 Å². The van der Waals surface area contributed by atoms with E-state index >= 15 is 0 Å². The summed E-state index contributed by atoms with van der Waals surface area (Å²) in [6.07, 6.45) is -6.06. The third kappa shape index (κ3) is 4.52. The molecule has 0 rings (SSSR count). The molecule has 0 fully saturated rings. The van der Waals surface area contributed by atoms with E-state index in [1.165, 1.54) is 0 Å². The maximum absolute atomic E-state index is 13.4. The van der Waals surface area contributed by atoms with Crippen LogP contribution in [0.1, 0.15) is 51.9 Å². The predicted octanol–water partition coefficient (Wildman–Crippen LogP) is 7.18. The van der Waals surface area contributed by atoms with E-state index in [9.17, 15) is 52.7 Å². The molecule has 0 aliphatic carbocycles. The van der Waals surface area contributed by atoms with Crippen molar-refractivity contribution in [1.29, 1.82) is 0 Å². The molecule has 0 saturated carbocycles. The van der Waals surface area contributed by atoms with Crippen LogP contribution >= 0.6 is 0 Å². The summed E-state index contributed by atoms with van der Waals surface area (Å²) in [5.41, 5.74) is 0. The van der Waals surface area contributed by atoms with Gasteiger partial charge in [-0.25, -0.2) is 8.78 Å². The van der Waals surface area contributed by atoms with Gasteiger partial charge in [-0.2, -0.15) is 43.9 Å². The number of halogens is 12. The van der Waals surface area contributed by atoms with E-state index in [4.69, 9.17) is 0 Å². The fourth-order valence-corrected chi connectivity index (χ4v) is 2.06. The summed E-state index contributed by atoms with van der Waals surface area (Å²) in [6.45, 7) is 1.81. The van der Waals surface area contributed by atoms with Gasteiger partial charge in [0.05, 0.1) is 0 Å². The zero-order valence-electron chi connectivity index (χ0n) is 13.6. The fourth-order valence-electron chi connectivity index (χ4n) is 2.06. The van der Waals surface area contributed by atoms with E-state index in [1.54, 1.807) is 0 Å². The van der Waals surface area contributed by atoms with Gasteiger partial charge in [-0.15, -0.1) is 0 Å². The number of rotatable bonds is 12. The first-order chi connectivity index (χ1) is 11.5. The lowest BCUT2D eigenvalue weighted by Gasteiger charge is -2.39. The van der Waals surface area contributed by atoms with Crippen LogP contribution in [0.5, 0.6) is 0 Å². The maximum atomic E-state index is 13.4. The highest BCUT2D eigenvalue weighted by atomic mass is 19.4. The summed E-state index contributed by atoms with van der Waals surface area (Å²) in [7, 11) is 0. The summed E-state index contributed by atoms with van der Waals surface area (Å²) < 4.78 is 155. The quantitative estimate of drug-likeness (QED) is 0.234. The monoisotopic (exact) mass is 414 g/mol. The molecule has 0 nitrogen and oxygen atoms in total. The van der Waals surface area contributed by atoms with Crippen LogP contribution < -0.4 is 0 Å². The number of unbranched alkanes of at least 4 members (excludes halogenated alkanes) is 5. The normalized spacial score (nSPS) is 15.0. The Labute approximate surface area is 141 Å². The molecule has 0 atom stereocenters. The van der Waals surface area contributed by atoms with E-state index < -0.39 is 48.9 Å². The highest BCUT2D eigenvalue weighted by Crippen LogP contribution is 2.58. The maximum Gasteiger partial charge on any atom is 0.384 e. The smallest absolute Gasteiger partial charge is 0.203 e. The van der Waals surface area contributed by atoms with Gasteiger partial charge in [0.25, 0.3) is 0 Å². The minimum absolute atomic E-state index is 0.110. The Morgan fingerprint density at radius 3 is 1.42 bits per heavy atom. The van der Waals surface area contributed by atoms with Crippen molar-refractivity contribution >= 4 is 0 Å². The molecule has 0 spiro atoms. The first-order valence-electron chi connectivity index (χ1n) is 7.68. The minimum Gasteiger partial charge on any atom is -0.203 e. The molecule has 158 valence electrons. The molecule has 0 aromatic carbocycles. The van der Waals surface area contributed by atoms with E-state index in [-0.39, 0.29) is 12.8 Å². The van der Waals surface area contributed by atoms with Gasteiger partial charge in [0, 0.05) is 6.42 Å². The Hall–Kier alpha value is -0.840. The van der Waals surface area contributed by atoms with Crippen LogP contribution in [0.25, 0.3) is 0 Å². The van der Waals surface area contributed by atoms with E-state index in [2.05, 4.69) is 0 Å². The zero-order valence-corrected chi connectivity index (χ0v) is 13.6. The standard InChI is InChI=1S/C14H18F12/c1-2-3-4-5-6-7-8-10(17,18)12(21,22)14(25,26)13(23,24)11(19,20)9(15)16/h9H,2-8H2,1H3. The third-order valence-electron chi connectivity index (χ3n) is 3.79. The van der Waals surface area contributed by atoms with Crippen LogP contribution in [0.4, 0.5) is 52.7 Å². The summed E-state index contributed by atoms with van der Waals surface area (Å²) >= 11 is 0. The Bertz CT molecular complexity index is 430. The Balaban J connectivity index is 5.35. The van der Waals surface area contributed by atoms with E-state index in [0.29, 0.717) is 12.8 Å². The van der Waals surface area contributed by atoms with Gasteiger partial charge in [0.15, 0.2) is 0 Å². The lowest BCUT2D eigenvalue weighted by atomic mass is 9.91. The van der Waals surface area contributed by atoms with Crippen molar-refractivity contribution in [1.82, 2.24) is 0 Å². The second-order valence-electron chi connectivity index (χ2n) is 5.87.